The number of benzene rings is 1. The summed E-state index contributed by atoms with van der Waals surface area (Å²) in [6.07, 6.45) is 3.95. The first kappa shape index (κ1) is 19.4. The Balaban J connectivity index is 0.00000192. The summed E-state index contributed by atoms with van der Waals surface area (Å²) in [6, 6.07) is 8.49. The molecule has 2 fully saturated rings. The standard InChI is InChI=1S/C21H27N5O.ClH/c1-15-3-2-4-17(13-15)21(7-8-21)20(27)25-10-5-16(6-11-25)19-24-23-18-14-22-9-12-26(18)19;/h2-4,13,16,22H,5-12,14H2,1H3;1H. The molecule has 0 bridgehead atoms. The van der Waals surface area contributed by atoms with Crippen LogP contribution in [-0.2, 0) is 23.3 Å². The summed E-state index contributed by atoms with van der Waals surface area (Å²) in [5.41, 5.74) is 2.18. The summed E-state index contributed by atoms with van der Waals surface area (Å²) in [7, 11) is 0. The summed E-state index contributed by atoms with van der Waals surface area (Å²) >= 11 is 0. The van der Waals surface area contributed by atoms with Crippen LogP contribution in [0.3, 0.4) is 0 Å². The van der Waals surface area contributed by atoms with Gasteiger partial charge >= 0.3 is 0 Å². The Morgan fingerprint density at radius 2 is 1.96 bits per heavy atom. The molecule has 3 aliphatic rings. The van der Waals surface area contributed by atoms with Crippen molar-refractivity contribution >= 4 is 18.3 Å². The van der Waals surface area contributed by atoms with Gasteiger partial charge in [0.05, 0.1) is 12.0 Å². The van der Waals surface area contributed by atoms with E-state index in [9.17, 15) is 4.79 Å². The van der Waals surface area contributed by atoms with Crippen LogP contribution in [0.25, 0.3) is 0 Å². The number of nitrogens with zero attached hydrogens (tertiary/aromatic N) is 4. The molecule has 0 radical (unpaired) electrons. The molecule has 3 heterocycles. The van der Waals surface area contributed by atoms with Crippen LogP contribution in [0, 0.1) is 6.92 Å². The summed E-state index contributed by atoms with van der Waals surface area (Å²) < 4.78 is 2.29. The number of hydrogen-bond acceptors (Lipinski definition) is 4. The molecule has 1 saturated carbocycles. The van der Waals surface area contributed by atoms with Crippen molar-refractivity contribution < 1.29 is 4.79 Å². The zero-order valence-corrected chi connectivity index (χ0v) is 17.2. The van der Waals surface area contributed by atoms with Crippen molar-refractivity contribution in [1.29, 1.82) is 0 Å². The zero-order valence-electron chi connectivity index (χ0n) is 16.4. The van der Waals surface area contributed by atoms with Gasteiger partial charge in [0.15, 0.2) is 0 Å². The van der Waals surface area contributed by atoms with Gasteiger partial charge in [-0.05, 0) is 38.2 Å². The van der Waals surface area contributed by atoms with Gasteiger partial charge < -0.3 is 14.8 Å². The molecule has 6 nitrogen and oxygen atoms in total. The quantitative estimate of drug-likeness (QED) is 0.858. The van der Waals surface area contributed by atoms with E-state index in [2.05, 4.69) is 56.2 Å². The normalized spacial score (nSPS) is 21.0. The SMILES string of the molecule is Cc1cccc(C2(C(=O)N3CCC(c4nnc5n4CCNC5)CC3)CC2)c1.Cl. The molecular formula is C21H28ClN5O. The smallest absolute Gasteiger partial charge is 0.233 e. The highest BCUT2D eigenvalue weighted by atomic mass is 35.5. The van der Waals surface area contributed by atoms with Crippen molar-refractivity contribution in [3.8, 4) is 0 Å². The minimum atomic E-state index is -0.251. The summed E-state index contributed by atoms with van der Waals surface area (Å²) in [4.78, 5) is 15.4. The molecule has 150 valence electrons. The Hall–Kier alpha value is -1.92. The summed E-state index contributed by atoms with van der Waals surface area (Å²) in [5.74, 6) is 2.92. The number of fused-ring (bicyclic) bond motifs is 1. The number of likely N-dealkylation sites (tertiary alicyclic amines) is 1. The molecular weight excluding hydrogens is 374 g/mol. The fourth-order valence-corrected chi connectivity index (χ4v) is 4.75. The minimum absolute atomic E-state index is 0. The lowest BCUT2D eigenvalue weighted by Crippen LogP contribution is -2.44. The Morgan fingerprint density at radius 3 is 2.68 bits per heavy atom. The van der Waals surface area contributed by atoms with Crippen molar-refractivity contribution in [1.82, 2.24) is 25.0 Å². The topological polar surface area (TPSA) is 63.1 Å². The van der Waals surface area contributed by atoms with Crippen LogP contribution in [0.5, 0.6) is 0 Å². The van der Waals surface area contributed by atoms with Crippen LogP contribution < -0.4 is 5.32 Å². The average Bonchev–Trinajstić information content (AvgIpc) is 3.41. The zero-order chi connectivity index (χ0) is 18.4. The minimum Gasteiger partial charge on any atom is -0.342 e. The first-order valence-electron chi connectivity index (χ1n) is 10.2. The van der Waals surface area contributed by atoms with Gasteiger partial charge in [-0.2, -0.15) is 0 Å². The lowest BCUT2D eigenvalue weighted by Gasteiger charge is -2.34. The van der Waals surface area contributed by atoms with Gasteiger partial charge in [-0.15, -0.1) is 22.6 Å². The van der Waals surface area contributed by atoms with Crippen LogP contribution in [0.4, 0.5) is 0 Å². The third kappa shape index (κ3) is 3.22. The molecule has 1 aliphatic carbocycles. The second-order valence-corrected chi connectivity index (χ2v) is 8.32. The maximum absolute atomic E-state index is 13.3. The lowest BCUT2D eigenvalue weighted by molar-refractivity contribution is -0.135. The van der Waals surface area contributed by atoms with Crippen LogP contribution in [0.2, 0.25) is 0 Å². The average molecular weight is 402 g/mol. The van der Waals surface area contributed by atoms with Crippen LogP contribution in [0.15, 0.2) is 24.3 Å². The molecule has 7 heteroatoms. The molecule has 1 aromatic heterocycles. The van der Waals surface area contributed by atoms with Gasteiger partial charge in [0.1, 0.15) is 11.6 Å². The Bertz CT molecular complexity index is 867. The maximum Gasteiger partial charge on any atom is 0.233 e. The molecule has 0 unspecified atom stereocenters. The third-order valence-electron chi connectivity index (χ3n) is 6.53. The van der Waals surface area contributed by atoms with E-state index in [-0.39, 0.29) is 17.8 Å². The van der Waals surface area contributed by atoms with Gasteiger partial charge in [-0.3, -0.25) is 4.79 Å². The molecule has 28 heavy (non-hydrogen) atoms. The van der Waals surface area contributed by atoms with Crippen LogP contribution in [-0.4, -0.2) is 45.2 Å². The number of carbonyl (C=O) groups is 1. The number of rotatable bonds is 3. The molecule has 5 rings (SSSR count). The van der Waals surface area contributed by atoms with E-state index < -0.39 is 0 Å². The largest absolute Gasteiger partial charge is 0.342 e. The Morgan fingerprint density at radius 1 is 1.18 bits per heavy atom. The van der Waals surface area contributed by atoms with Crippen LogP contribution in [0.1, 0.15) is 54.4 Å². The van der Waals surface area contributed by atoms with Gasteiger partial charge in [-0.1, -0.05) is 29.8 Å². The molecule has 2 aromatic rings. The number of nitrogens with one attached hydrogen (secondary N) is 1. The molecule has 0 atom stereocenters. The molecule has 1 saturated heterocycles. The second kappa shape index (κ2) is 7.48. The molecule has 1 N–H and O–H groups in total. The number of piperidine rings is 1. The highest BCUT2D eigenvalue weighted by molar-refractivity contribution is 5.91. The van der Waals surface area contributed by atoms with Crippen LogP contribution >= 0.6 is 12.4 Å². The fourth-order valence-electron chi connectivity index (χ4n) is 4.75. The van der Waals surface area contributed by atoms with Crippen molar-refractivity contribution in [2.45, 2.75) is 57.0 Å². The second-order valence-electron chi connectivity index (χ2n) is 8.32. The van der Waals surface area contributed by atoms with Gasteiger partial charge in [0.25, 0.3) is 0 Å². The predicted octanol–water partition coefficient (Wildman–Crippen LogP) is 2.55. The van der Waals surface area contributed by atoms with Gasteiger partial charge in [-0.25, -0.2) is 0 Å². The van der Waals surface area contributed by atoms with Crippen molar-refractivity contribution in [3.63, 3.8) is 0 Å². The van der Waals surface area contributed by atoms with Crippen molar-refractivity contribution in [2.75, 3.05) is 19.6 Å². The summed E-state index contributed by atoms with van der Waals surface area (Å²) in [6.45, 7) is 6.50. The highest BCUT2D eigenvalue weighted by Gasteiger charge is 2.53. The van der Waals surface area contributed by atoms with Gasteiger partial charge in [0, 0.05) is 32.1 Å². The number of amides is 1. The number of carbonyl (C=O) groups excluding carboxylic acids is 1. The maximum atomic E-state index is 13.3. The van der Waals surface area contributed by atoms with E-state index in [4.69, 9.17) is 0 Å². The number of halogens is 1. The Kier molecular flexibility index (Phi) is 5.19. The molecule has 0 spiro atoms. The van der Waals surface area contributed by atoms with Gasteiger partial charge in [0.2, 0.25) is 5.91 Å². The Labute approximate surface area is 172 Å². The van der Waals surface area contributed by atoms with E-state index in [1.165, 1.54) is 11.1 Å². The van der Waals surface area contributed by atoms with Crippen molar-refractivity contribution in [3.05, 3.63) is 47.0 Å². The van der Waals surface area contributed by atoms with E-state index in [1.807, 2.05) is 0 Å². The van der Waals surface area contributed by atoms with E-state index in [1.54, 1.807) is 0 Å². The monoisotopic (exact) mass is 401 g/mol. The lowest BCUT2D eigenvalue weighted by atomic mass is 9.90. The third-order valence-corrected chi connectivity index (χ3v) is 6.53. The highest BCUT2D eigenvalue weighted by Crippen LogP contribution is 2.50. The van der Waals surface area contributed by atoms with E-state index in [0.717, 1.165) is 70.1 Å². The number of aromatic nitrogens is 3. The number of aryl methyl sites for hydroxylation is 1. The van der Waals surface area contributed by atoms with Crippen molar-refractivity contribution in [2.24, 2.45) is 0 Å². The fraction of sp³-hybridized carbons (Fsp3) is 0.571. The first-order chi connectivity index (χ1) is 13.2. The predicted molar refractivity (Wildman–Crippen MR) is 110 cm³/mol. The van der Waals surface area contributed by atoms with E-state index >= 15 is 0 Å². The first-order valence-corrected chi connectivity index (χ1v) is 10.2. The van der Waals surface area contributed by atoms with E-state index in [0.29, 0.717) is 11.8 Å². The summed E-state index contributed by atoms with van der Waals surface area (Å²) in [5, 5.41) is 12.2. The molecule has 1 aromatic carbocycles. The molecule has 1 amide bonds. The molecule has 2 aliphatic heterocycles. The number of hydrogen-bond donors (Lipinski definition) is 1.